The summed E-state index contributed by atoms with van der Waals surface area (Å²) in [7, 11) is 0. The standard InChI is InChI=1S/C11H10N2O4/c12-5-6-13-10(14)7-17-9-4-2-1-3-8(9)11(15)16/h1-4H,6-7H2,(H,13,14)(H,15,16). The number of carboxylic acids is 1. The highest BCUT2D eigenvalue weighted by Gasteiger charge is 2.11. The van der Waals surface area contributed by atoms with Crippen molar-refractivity contribution in [3.63, 3.8) is 0 Å². The van der Waals surface area contributed by atoms with Crippen LogP contribution in [0, 0.1) is 11.3 Å². The molecule has 0 unspecified atom stereocenters. The maximum Gasteiger partial charge on any atom is 0.339 e. The summed E-state index contributed by atoms with van der Waals surface area (Å²) in [6.07, 6.45) is 0. The van der Waals surface area contributed by atoms with Gasteiger partial charge in [0, 0.05) is 0 Å². The van der Waals surface area contributed by atoms with Gasteiger partial charge in [-0.2, -0.15) is 5.26 Å². The van der Waals surface area contributed by atoms with Crippen molar-refractivity contribution >= 4 is 11.9 Å². The number of nitrogens with one attached hydrogen (secondary N) is 1. The summed E-state index contributed by atoms with van der Waals surface area (Å²) in [5.41, 5.74) is -0.0133. The summed E-state index contributed by atoms with van der Waals surface area (Å²) in [6, 6.07) is 7.75. The molecule has 6 heteroatoms. The van der Waals surface area contributed by atoms with E-state index in [1.54, 1.807) is 18.2 Å². The average molecular weight is 234 g/mol. The lowest BCUT2D eigenvalue weighted by atomic mass is 10.2. The van der Waals surface area contributed by atoms with Crippen molar-refractivity contribution in [2.75, 3.05) is 13.2 Å². The van der Waals surface area contributed by atoms with Crippen LogP contribution in [-0.4, -0.2) is 30.1 Å². The molecule has 0 heterocycles. The van der Waals surface area contributed by atoms with E-state index in [2.05, 4.69) is 5.32 Å². The van der Waals surface area contributed by atoms with Crippen LogP contribution in [-0.2, 0) is 4.79 Å². The van der Waals surface area contributed by atoms with Gasteiger partial charge >= 0.3 is 5.97 Å². The highest BCUT2D eigenvalue weighted by molar-refractivity contribution is 5.91. The Hall–Kier alpha value is -2.55. The Kier molecular flexibility index (Phi) is 4.51. The quantitative estimate of drug-likeness (QED) is 0.718. The number of rotatable bonds is 5. The Labute approximate surface area is 97.4 Å². The van der Waals surface area contributed by atoms with E-state index in [-0.39, 0.29) is 24.5 Å². The second-order valence-electron chi connectivity index (χ2n) is 3.02. The molecule has 0 radical (unpaired) electrons. The first-order valence-corrected chi connectivity index (χ1v) is 4.74. The third kappa shape index (κ3) is 3.83. The molecular formula is C11H10N2O4. The van der Waals surface area contributed by atoms with E-state index in [0.717, 1.165) is 0 Å². The van der Waals surface area contributed by atoms with Gasteiger partial charge in [0.25, 0.3) is 5.91 Å². The zero-order valence-electron chi connectivity index (χ0n) is 8.84. The second kappa shape index (κ2) is 6.12. The minimum Gasteiger partial charge on any atom is -0.483 e. The maximum absolute atomic E-state index is 11.1. The van der Waals surface area contributed by atoms with E-state index in [9.17, 15) is 9.59 Å². The van der Waals surface area contributed by atoms with E-state index in [4.69, 9.17) is 15.1 Å². The lowest BCUT2D eigenvalue weighted by molar-refractivity contribution is -0.122. The molecule has 0 spiro atoms. The predicted octanol–water partition coefficient (Wildman–Crippen LogP) is 0.403. The summed E-state index contributed by atoms with van der Waals surface area (Å²) in [4.78, 5) is 21.9. The first-order chi connectivity index (χ1) is 8.15. The fraction of sp³-hybridized carbons (Fsp3) is 0.182. The van der Waals surface area contributed by atoms with Crippen LogP contribution in [0.3, 0.4) is 0 Å². The summed E-state index contributed by atoms with van der Waals surface area (Å²) in [6.45, 7) is -0.436. The molecule has 1 aromatic rings. The molecule has 6 nitrogen and oxygen atoms in total. The first kappa shape index (κ1) is 12.5. The van der Waals surface area contributed by atoms with Crippen molar-refractivity contribution < 1.29 is 19.4 Å². The molecule has 0 bridgehead atoms. The van der Waals surface area contributed by atoms with Crippen LogP contribution in [0.4, 0.5) is 0 Å². The lowest BCUT2D eigenvalue weighted by Crippen LogP contribution is -2.29. The third-order valence-electron chi connectivity index (χ3n) is 1.84. The van der Waals surface area contributed by atoms with E-state index >= 15 is 0 Å². The van der Waals surface area contributed by atoms with Gasteiger partial charge in [-0.15, -0.1) is 0 Å². The van der Waals surface area contributed by atoms with Crippen LogP contribution < -0.4 is 10.1 Å². The monoisotopic (exact) mass is 234 g/mol. The van der Waals surface area contributed by atoms with Gasteiger partial charge in [0.1, 0.15) is 17.9 Å². The van der Waals surface area contributed by atoms with Gasteiger partial charge in [-0.25, -0.2) is 4.79 Å². The fourth-order valence-electron chi connectivity index (χ4n) is 1.10. The number of carbonyl (C=O) groups is 2. The van der Waals surface area contributed by atoms with Crippen molar-refractivity contribution in [2.45, 2.75) is 0 Å². The van der Waals surface area contributed by atoms with Gasteiger partial charge in [-0.1, -0.05) is 12.1 Å². The van der Waals surface area contributed by atoms with Crippen molar-refractivity contribution in [1.82, 2.24) is 5.32 Å². The van der Waals surface area contributed by atoms with Crippen LogP contribution in [0.5, 0.6) is 5.75 Å². The number of carbonyl (C=O) groups excluding carboxylic acids is 1. The number of nitriles is 1. The summed E-state index contributed by atoms with van der Waals surface area (Å²) in [5, 5.41) is 19.4. The number of nitrogens with zero attached hydrogens (tertiary/aromatic N) is 1. The molecule has 0 fully saturated rings. The molecule has 0 aromatic heterocycles. The number of hydrogen-bond donors (Lipinski definition) is 2. The highest BCUT2D eigenvalue weighted by atomic mass is 16.5. The first-order valence-electron chi connectivity index (χ1n) is 4.74. The zero-order chi connectivity index (χ0) is 12.7. The molecule has 88 valence electrons. The van der Waals surface area contributed by atoms with Crippen molar-refractivity contribution in [2.24, 2.45) is 0 Å². The topological polar surface area (TPSA) is 99.4 Å². The number of carboxylic acid groups (broad SMARTS) is 1. The second-order valence-corrected chi connectivity index (χ2v) is 3.02. The Morgan fingerprint density at radius 2 is 2.12 bits per heavy atom. The van der Waals surface area contributed by atoms with Crippen LogP contribution in [0.15, 0.2) is 24.3 Å². The van der Waals surface area contributed by atoms with Gasteiger partial charge in [0.05, 0.1) is 6.07 Å². The molecule has 1 rings (SSSR count). The Morgan fingerprint density at radius 3 is 2.76 bits per heavy atom. The number of aromatic carboxylic acids is 1. The summed E-state index contributed by atoms with van der Waals surface area (Å²) < 4.78 is 5.05. The van der Waals surface area contributed by atoms with E-state index in [0.29, 0.717) is 0 Å². The lowest BCUT2D eigenvalue weighted by Gasteiger charge is -2.07. The third-order valence-corrected chi connectivity index (χ3v) is 1.84. The minimum absolute atomic E-state index is 0.0133. The van der Waals surface area contributed by atoms with Gasteiger partial charge in [-0.3, -0.25) is 4.79 Å². The molecule has 1 amide bonds. The molecule has 0 aliphatic carbocycles. The number of hydrogen-bond acceptors (Lipinski definition) is 4. The van der Waals surface area contributed by atoms with Crippen LogP contribution >= 0.6 is 0 Å². The van der Waals surface area contributed by atoms with Gasteiger partial charge in [-0.05, 0) is 12.1 Å². The predicted molar refractivity (Wildman–Crippen MR) is 57.5 cm³/mol. The molecule has 0 atom stereocenters. The number of para-hydroxylation sites is 1. The van der Waals surface area contributed by atoms with E-state index in [1.807, 2.05) is 0 Å². The van der Waals surface area contributed by atoms with E-state index in [1.165, 1.54) is 12.1 Å². The van der Waals surface area contributed by atoms with E-state index < -0.39 is 11.9 Å². The highest BCUT2D eigenvalue weighted by Crippen LogP contribution is 2.17. The molecule has 0 saturated carbocycles. The average Bonchev–Trinajstić information content (AvgIpc) is 2.34. The molecule has 0 aliphatic heterocycles. The number of ether oxygens (including phenoxy) is 1. The Morgan fingerprint density at radius 1 is 1.41 bits per heavy atom. The summed E-state index contributed by atoms with van der Waals surface area (Å²) in [5.74, 6) is -1.49. The maximum atomic E-state index is 11.1. The van der Waals surface area contributed by atoms with Crippen molar-refractivity contribution in [3.8, 4) is 11.8 Å². The largest absolute Gasteiger partial charge is 0.483 e. The normalized spacial score (nSPS) is 9.12. The molecule has 0 saturated heterocycles. The molecule has 17 heavy (non-hydrogen) atoms. The molecular weight excluding hydrogens is 224 g/mol. The Balaban J connectivity index is 2.61. The van der Waals surface area contributed by atoms with Gasteiger partial charge < -0.3 is 15.2 Å². The number of amides is 1. The smallest absolute Gasteiger partial charge is 0.339 e. The SMILES string of the molecule is N#CCNC(=O)COc1ccccc1C(=O)O. The minimum atomic E-state index is -1.13. The zero-order valence-corrected chi connectivity index (χ0v) is 8.84. The van der Waals surface area contributed by atoms with Crippen LogP contribution in [0.1, 0.15) is 10.4 Å². The van der Waals surface area contributed by atoms with Crippen LogP contribution in [0.2, 0.25) is 0 Å². The Bertz CT molecular complexity index is 465. The van der Waals surface area contributed by atoms with Gasteiger partial charge in [0.15, 0.2) is 6.61 Å². The summed E-state index contributed by atoms with van der Waals surface area (Å²) >= 11 is 0. The van der Waals surface area contributed by atoms with Gasteiger partial charge in [0.2, 0.25) is 0 Å². The molecule has 1 aromatic carbocycles. The molecule has 2 N–H and O–H groups in total. The van der Waals surface area contributed by atoms with Crippen LogP contribution in [0.25, 0.3) is 0 Å². The number of benzene rings is 1. The van der Waals surface area contributed by atoms with Crippen molar-refractivity contribution in [3.05, 3.63) is 29.8 Å². The molecule has 0 aliphatic rings. The fourth-order valence-corrected chi connectivity index (χ4v) is 1.10. The van der Waals surface area contributed by atoms with Crippen molar-refractivity contribution in [1.29, 1.82) is 5.26 Å².